The van der Waals surface area contributed by atoms with E-state index in [0.717, 1.165) is 44.8 Å². The Balaban J connectivity index is 1.55. The lowest BCUT2D eigenvalue weighted by atomic mass is 9.78. The molecule has 0 aromatic heterocycles. The Kier molecular flexibility index (Phi) is 6.12. The number of hydrogen-bond donors (Lipinski definition) is 0. The third-order valence-electron chi connectivity index (χ3n) is 6.33. The van der Waals surface area contributed by atoms with Gasteiger partial charge >= 0.3 is 0 Å². The Labute approximate surface area is 150 Å². The molecule has 2 amide bonds. The third kappa shape index (κ3) is 3.92. The molecular formula is C19H32N2O2S. The standard InChI is InChI=1S/C19H32N2O2S/c1-24-14-17(22)21-13-10-19(15-21)9-5-11-20(18(19)23)12-8-16-6-3-2-4-7-16/h16H,2-15H2,1H3. The lowest BCUT2D eigenvalue weighted by Gasteiger charge is -2.40. The highest BCUT2D eigenvalue weighted by Gasteiger charge is 2.49. The fraction of sp³-hybridized carbons (Fsp3) is 0.895. The fourth-order valence-corrected chi connectivity index (χ4v) is 5.29. The summed E-state index contributed by atoms with van der Waals surface area (Å²) in [4.78, 5) is 29.4. The van der Waals surface area contributed by atoms with Gasteiger partial charge in [0.2, 0.25) is 11.8 Å². The predicted molar refractivity (Wildman–Crippen MR) is 99.0 cm³/mol. The number of piperidine rings is 1. The summed E-state index contributed by atoms with van der Waals surface area (Å²) in [5.74, 6) is 1.90. The van der Waals surface area contributed by atoms with E-state index in [0.29, 0.717) is 18.2 Å². The molecule has 1 unspecified atom stereocenters. The highest BCUT2D eigenvalue weighted by atomic mass is 32.2. The van der Waals surface area contributed by atoms with Crippen molar-refractivity contribution in [2.24, 2.45) is 11.3 Å². The normalized spacial score (nSPS) is 28.8. The molecule has 24 heavy (non-hydrogen) atoms. The van der Waals surface area contributed by atoms with Crippen molar-refractivity contribution in [3.05, 3.63) is 0 Å². The van der Waals surface area contributed by atoms with Crippen LogP contribution in [0.15, 0.2) is 0 Å². The molecule has 2 heterocycles. The summed E-state index contributed by atoms with van der Waals surface area (Å²) < 4.78 is 0. The van der Waals surface area contributed by atoms with Crippen LogP contribution >= 0.6 is 11.8 Å². The fourth-order valence-electron chi connectivity index (χ4n) is 4.86. The Hall–Kier alpha value is -0.710. The summed E-state index contributed by atoms with van der Waals surface area (Å²) >= 11 is 1.57. The number of carbonyl (C=O) groups excluding carboxylic acids is 2. The maximum absolute atomic E-state index is 13.1. The first-order valence-electron chi connectivity index (χ1n) is 9.71. The zero-order chi connectivity index (χ0) is 17.0. The monoisotopic (exact) mass is 352 g/mol. The zero-order valence-corrected chi connectivity index (χ0v) is 15.9. The van der Waals surface area contributed by atoms with Crippen molar-refractivity contribution in [3.63, 3.8) is 0 Å². The molecule has 5 heteroatoms. The van der Waals surface area contributed by atoms with E-state index in [2.05, 4.69) is 4.90 Å². The Morgan fingerprint density at radius 3 is 2.71 bits per heavy atom. The van der Waals surface area contributed by atoms with Gasteiger partial charge in [0.25, 0.3) is 0 Å². The van der Waals surface area contributed by atoms with Crippen LogP contribution in [0, 0.1) is 11.3 Å². The Bertz CT molecular complexity index is 464. The van der Waals surface area contributed by atoms with Crippen LogP contribution in [0.2, 0.25) is 0 Å². The maximum Gasteiger partial charge on any atom is 0.232 e. The summed E-state index contributed by atoms with van der Waals surface area (Å²) in [7, 11) is 0. The van der Waals surface area contributed by atoms with E-state index in [1.54, 1.807) is 11.8 Å². The van der Waals surface area contributed by atoms with Crippen LogP contribution in [0.1, 0.15) is 57.8 Å². The lowest BCUT2D eigenvalue weighted by Crippen LogP contribution is -2.50. The molecule has 3 aliphatic rings. The smallest absolute Gasteiger partial charge is 0.232 e. The second-order valence-corrected chi connectivity index (χ2v) is 8.83. The summed E-state index contributed by atoms with van der Waals surface area (Å²) in [6, 6.07) is 0. The highest BCUT2D eigenvalue weighted by molar-refractivity contribution is 7.99. The first-order valence-corrected chi connectivity index (χ1v) is 11.1. The van der Waals surface area contributed by atoms with Crippen molar-refractivity contribution in [1.82, 2.24) is 9.80 Å². The molecule has 2 saturated heterocycles. The molecule has 0 aromatic carbocycles. The van der Waals surface area contributed by atoms with Crippen LogP contribution < -0.4 is 0 Å². The van der Waals surface area contributed by atoms with Gasteiger partial charge in [0.15, 0.2) is 0 Å². The number of thioether (sulfide) groups is 1. The van der Waals surface area contributed by atoms with Gasteiger partial charge in [-0.1, -0.05) is 32.1 Å². The number of carbonyl (C=O) groups is 2. The van der Waals surface area contributed by atoms with Gasteiger partial charge in [-0.2, -0.15) is 11.8 Å². The Morgan fingerprint density at radius 1 is 1.17 bits per heavy atom. The molecule has 0 aromatic rings. The molecule has 0 N–H and O–H groups in total. The molecular weight excluding hydrogens is 320 g/mol. The van der Waals surface area contributed by atoms with Crippen molar-refractivity contribution in [2.75, 3.05) is 38.2 Å². The second-order valence-electron chi connectivity index (χ2n) is 7.97. The molecule has 1 atom stereocenters. The minimum Gasteiger partial charge on any atom is -0.342 e. The van der Waals surface area contributed by atoms with Crippen LogP contribution in [0.5, 0.6) is 0 Å². The van der Waals surface area contributed by atoms with Gasteiger partial charge in [0, 0.05) is 26.2 Å². The lowest BCUT2D eigenvalue weighted by molar-refractivity contribution is -0.146. The average molecular weight is 353 g/mol. The minimum absolute atomic E-state index is 0.200. The molecule has 2 aliphatic heterocycles. The van der Waals surface area contributed by atoms with E-state index in [1.807, 2.05) is 11.2 Å². The molecule has 136 valence electrons. The van der Waals surface area contributed by atoms with Gasteiger partial charge < -0.3 is 9.80 Å². The number of likely N-dealkylation sites (tertiary alicyclic amines) is 2. The van der Waals surface area contributed by atoms with Crippen molar-refractivity contribution >= 4 is 23.6 Å². The van der Waals surface area contributed by atoms with Crippen molar-refractivity contribution in [2.45, 2.75) is 57.8 Å². The summed E-state index contributed by atoms with van der Waals surface area (Å²) in [6.07, 6.45) is 12.9. The van der Waals surface area contributed by atoms with Gasteiger partial charge in [-0.15, -0.1) is 0 Å². The molecule has 1 spiro atoms. The van der Waals surface area contributed by atoms with Gasteiger partial charge in [-0.3, -0.25) is 9.59 Å². The SMILES string of the molecule is CSCC(=O)N1CCC2(CCCN(CCC3CCCCC3)C2=O)C1. The number of amides is 2. The van der Waals surface area contributed by atoms with E-state index >= 15 is 0 Å². The number of hydrogen-bond acceptors (Lipinski definition) is 3. The van der Waals surface area contributed by atoms with Crippen molar-refractivity contribution < 1.29 is 9.59 Å². The molecule has 3 fully saturated rings. The molecule has 1 saturated carbocycles. The third-order valence-corrected chi connectivity index (χ3v) is 6.87. The number of rotatable bonds is 5. The van der Waals surface area contributed by atoms with Crippen molar-refractivity contribution in [3.8, 4) is 0 Å². The minimum atomic E-state index is -0.265. The number of nitrogens with zero attached hydrogens (tertiary/aromatic N) is 2. The van der Waals surface area contributed by atoms with Gasteiger partial charge in [-0.25, -0.2) is 0 Å². The molecule has 0 bridgehead atoms. The van der Waals surface area contributed by atoms with Gasteiger partial charge in [0.05, 0.1) is 11.2 Å². The van der Waals surface area contributed by atoms with Crippen molar-refractivity contribution in [1.29, 1.82) is 0 Å². The average Bonchev–Trinajstić information content (AvgIpc) is 3.03. The molecule has 4 nitrogen and oxygen atoms in total. The summed E-state index contributed by atoms with van der Waals surface area (Å²) in [5, 5.41) is 0. The van der Waals surface area contributed by atoms with E-state index in [1.165, 1.54) is 38.5 Å². The van der Waals surface area contributed by atoms with Crippen LogP contribution in [-0.2, 0) is 9.59 Å². The maximum atomic E-state index is 13.1. The first-order chi connectivity index (χ1) is 11.6. The van der Waals surface area contributed by atoms with Crippen LogP contribution in [-0.4, -0.2) is 59.8 Å². The Morgan fingerprint density at radius 2 is 1.96 bits per heavy atom. The first kappa shape index (κ1) is 18.1. The van der Waals surface area contributed by atoms with Crippen LogP contribution in [0.4, 0.5) is 0 Å². The van der Waals surface area contributed by atoms with E-state index < -0.39 is 0 Å². The van der Waals surface area contributed by atoms with E-state index in [-0.39, 0.29) is 11.3 Å². The summed E-state index contributed by atoms with van der Waals surface area (Å²) in [6.45, 7) is 3.28. The van der Waals surface area contributed by atoms with Crippen LogP contribution in [0.3, 0.4) is 0 Å². The summed E-state index contributed by atoms with van der Waals surface area (Å²) in [5.41, 5.74) is -0.265. The van der Waals surface area contributed by atoms with Crippen LogP contribution in [0.25, 0.3) is 0 Å². The zero-order valence-electron chi connectivity index (χ0n) is 15.1. The second kappa shape index (κ2) is 8.11. The van der Waals surface area contributed by atoms with E-state index in [9.17, 15) is 9.59 Å². The largest absolute Gasteiger partial charge is 0.342 e. The molecule has 0 radical (unpaired) electrons. The molecule has 1 aliphatic carbocycles. The highest BCUT2D eigenvalue weighted by Crippen LogP contribution is 2.40. The topological polar surface area (TPSA) is 40.6 Å². The van der Waals surface area contributed by atoms with Gasteiger partial charge in [0.1, 0.15) is 0 Å². The predicted octanol–water partition coefficient (Wildman–Crippen LogP) is 3.16. The molecule has 3 rings (SSSR count). The quantitative estimate of drug-likeness (QED) is 0.763. The van der Waals surface area contributed by atoms with Gasteiger partial charge in [-0.05, 0) is 37.9 Å². The van der Waals surface area contributed by atoms with E-state index in [4.69, 9.17) is 0 Å².